The number of hydrogen-bond acceptors (Lipinski definition) is 3. The predicted octanol–water partition coefficient (Wildman–Crippen LogP) is 2.02. The van der Waals surface area contributed by atoms with Gasteiger partial charge in [0.25, 0.3) is 0 Å². The lowest BCUT2D eigenvalue weighted by molar-refractivity contribution is 0.166. The molecule has 0 bridgehead atoms. The van der Waals surface area contributed by atoms with Crippen molar-refractivity contribution < 1.29 is 5.21 Å². The molecule has 0 aromatic heterocycles. The molecule has 4 heteroatoms. The van der Waals surface area contributed by atoms with Gasteiger partial charge in [-0.3, -0.25) is 0 Å². The van der Waals surface area contributed by atoms with Crippen LogP contribution in [0.4, 0.5) is 0 Å². The number of oxime groups is 1. The van der Waals surface area contributed by atoms with Gasteiger partial charge in [0.1, 0.15) is 5.84 Å². The lowest BCUT2D eigenvalue weighted by Crippen LogP contribution is -2.37. The Labute approximate surface area is 98.5 Å². The molecular formula is C12H25N3O. The third kappa shape index (κ3) is 4.00. The third-order valence-electron chi connectivity index (χ3n) is 3.87. The first-order chi connectivity index (χ1) is 7.67. The quantitative estimate of drug-likeness (QED) is 0.327. The summed E-state index contributed by atoms with van der Waals surface area (Å²) >= 11 is 0. The van der Waals surface area contributed by atoms with Gasteiger partial charge in [0.05, 0.1) is 0 Å². The fourth-order valence-electron chi connectivity index (χ4n) is 2.52. The molecule has 16 heavy (non-hydrogen) atoms. The van der Waals surface area contributed by atoms with Crippen molar-refractivity contribution in [1.82, 2.24) is 4.90 Å². The SMILES string of the molecule is CCC1CCC(N(C)CC/C(N)=N/O)CC1. The van der Waals surface area contributed by atoms with Gasteiger partial charge in [-0.1, -0.05) is 18.5 Å². The summed E-state index contributed by atoms with van der Waals surface area (Å²) < 4.78 is 0. The molecule has 0 aliphatic heterocycles. The van der Waals surface area contributed by atoms with Gasteiger partial charge in [-0.2, -0.15) is 0 Å². The monoisotopic (exact) mass is 227 g/mol. The summed E-state index contributed by atoms with van der Waals surface area (Å²) in [7, 11) is 2.14. The zero-order valence-corrected chi connectivity index (χ0v) is 10.5. The Bertz CT molecular complexity index is 222. The smallest absolute Gasteiger partial charge is 0.140 e. The molecular weight excluding hydrogens is 202 g/mol. The molecule has 1 fully saturated rings. The highest BCUT2D eigenvalue weighted by Gasteiger charge is 2.22. The van der Waals surface area contributed by atoms with Crippen molar-refractivity contribution in [3.05, 3.63) is 0 Å². The van der Waals surface area contributed by atoms with Crippen LogP contribution in [0.5, 0.6) is 0 Å². The van der Waals surface area contributed by atoms with E-state index in [9.17, 15) is 0 Å². The maximum absolute atomic E-state index is 8.47. The Morgan fingerprint density at radius 1 is 1.38 bits per heavy atom. The van der Waals surface area contributed by atoms with Crippen molar-refractivity contribution in [2.75, 3.05) is 13.6 Å². The zero-order chi connectivity index (χ0) is 12.0. The Morgan fingerprint density at radius 2 is 2.00 bits per heavy atom. The minimum Gasteiger partial charge on any atom is -0.409 e. The second-order valence-electron chi connectivity index (χ2n) is 4.90. The molecule has 0 heterocycles. The van der Waals surface area contributed by atoms with E-state index in [2.05, 4.69) is 24.0 Å². The van der Waals surface area contributed by atoms with Crippen LogP contribution >= 0.6 is 0 Å². The fourth-order valence-corrected chi connectivity index (χ4v) is 2.52. The highest BCUT2D eigenvalue weighted by Crippen LogP contribution is 2.28. The molecule has 3 N–H and O–H groups in total. The number of hydrogen-bond donors (Lipinski definition) is 2. The molecule has 0 saturated heterocycles. The highest BCUT2D eigenvalue weighted by molar-refractivity contribution is 5.79. The Morgan fingerprint density at radius 3 is 2.50 bits per heavy atom. The molecule has 0 aromatic carbocycles. The van der Waals surface area contributed by atoms with Crippen LogP contribution in [0.15, 0.2) is 5.16 Å². The maximum atomic E-state index is 8.47. The van der Waals surface area contributed by atoms with Gasteiger partial charge >= 0.3 is 0 Å². The Balaban J connectivity index is 2.25. The largest absolute Gasteiger partial charge is 0.409 e. The second kappa shape index (κ2) is 6.74. The summed E-state index contributed by atoms with van der Waals surface area (Å²) in [6.07, 6.45) is 7.28. The highest BCUT2D eigenvalue weighted by atomic mass is 16.4. The summed E-state index contributed by atoms with van der Waals surface area (Å²) in [4.78, 5) is 2.35. The number of nitrogens with two attached hydrogens (primary N) is 1. The molecule has 0 atom stereocenters. The Kier molecular flexibility index (Phi) is 5.60. The lowest BCUT2D eigenvalue weighted by atomic mass is 9.84. The Hall–Kier alpha value is -0.770. The van der Waals surface area contributed by atoms with E-state index in [1.807, 2.05) is 0 Å². The van der Waals surface area contributed by atoms with Crippen LogP contribution in [0, 0.1) is 5.92 Å². The van der Waals surface area contributed by atoms with E-state index in [0.717, 1.165) is 12.5 Å². The average molecular weight is 227 g/mol. The van der Waals surface area contributed by atoms with E-state index in [1.165, 1.54) is 32.1 Å². The first kappa shape index (κ1) is 13.3. The molecule has 0 amide bonds. The fraction of sp³-hybridized carbons (Fsp3) is 0.917. The van der Waals surface area contributed by atoms with E-state index < -0.39 is 0 Å². The molecule has 1 rings (SSSR count). The van der Waals surface area contributed by atoms with Crippen molar-refractivity contribution >= 4 is 5.84 Å². The molecule has 1 saturated carbocycles. The third-order valence-corrected chi connectivity index (χ3v) is 3.87. The topological polar surface area (TPSA) is 61.8 Å². The van der Waals surface area contributed by atoms with Gasteiger partial charge < -0.3 is 15.8 Å². The number of amidine groups is 1. The molecule has 94 valence electrons. The number of nitrogens with zero attached hydrogens (tertiary/aromatic N) is 2. The van der Waals surface area contributed by atoms with Gasteiger partial charge in [-0.25, -0.2) is 0 Å². The van der Waals surface area contributed by atoms with Gasteiger partial charge in [0.2, 0.25) is 0 Å². The molecule has 1 aliphatic carbocycles. The summed E-state index contributed by atoms with van der Waals surface area (Å²) in [5, 5.41) is 11.5. The second-order valence-corrected chi connectivity index (χ2v) is 4.90. The van der Waals surface area contributed by atoms with Crippen LogP contribution in [0.2, 0.25) is 0 Å². The van der Waals surface area contributed by atoms with E-state index in [0.29, 0.717) is 18.3 Å². The summed E-state index contributed by atoms with van der Waals surface area (Å²) in [5.74, 6) is 1.27. The summed E-state index contributed by atoms with van der Waals surface area (Å²) in [6.45, 7) is 3.17. The van der Waals surface area contributed by atoms with Crippen molar-refractivity contribution in [1.29, 1.82) is 0 Å². The van der Waals surface area contributed by atoms with Crippen LogP contribution in [0.1, 0.15) is 45.4 Å². The van der Waals surface area contributed by atoms with E-state index in [4.69, 9.17) is 10.9 Å². The van der Waals surface area contributed by atoms with Crippen molar-refractivity contribution in [2.45, 2.75) is 51.5 Å². The normalized spacial score (nSPS) is 27.3. The minimum atomic E-state index is 0.328. The molecule has 0 spiro atoms. The van der Waals surface area contributed by atoms with Gasteiger partial charge in [0.15, 0.2) is 0 Å². The van der Waals surface area contributed by atoms with Crippen molar-refractivity contribution in [3.8, 4) is 0 Å². The van der Waals surface area contributed by atoms with Crippen molar-refractivity contribution in [2.24, 2.45) is 16.8 Å². The molecule has 0 radical (unpaired) electrons. The van der Waals surface area contributed by atoms with Crippen LogP contribution in [-0.2, 0) is 0 Å². The molecule has 0 unspecified atom stereocenters. The summed E-state index contributed by atoms with van der Waals surface area (Å²) in [6, 6.07) is 0.689. The van der Waals surface area contributed by atoms with Crippen LogP contribution in [-0.4, -0.2) is 35.6 Å². The minimum absolute atomic E-state index is 0.328. The van der Waals surface area contributed by atoms with Gasteiger partial charge in [0, 0.05) is 19.0 Å². The van der Waals surface area contributed by atoms with E-state index in [-0.39, 0.29) is 0 Å². The van der Waals surface area contributed by atoms with Crippen molar-refractivity contribution in [3.63, 3.8) is 0 Å². The van der Waals surface area contributed by atoms with Crippen LogP contribution in [0.3, 0.4) is 0 Å². The predicted molar refractivity (Wildman–Crippen MR) is 66.7 cm³/mol. The first-order valence-corrected chi connectivity index (χ1v) is 6.34. The average Bonchev–Trinajstić information content (AvgIpc) is 2.35. The van der Waals surface area contributed by atoms with Gasteiger partial charge in [-0.15, -0.1) is 0 Å². The standard InChI is InChI=1S/C12H25N3O/c1-3-10-4-6-11(7-5-10)15(2)9-8-12(13)14-16/h10-11,16H,3-9H2,1-2H3,(H2,13,14). The molecule has 1 aliphatic rings. The van der Waals surface area contributed by atoms with E-state index in [1.54, 1.807) is 0 Å². The van der Waals surface area contributed by atoms with Crippen LogP contribution < -0.4 is 5.73 Å². The zero-order valence-electron chi connectivity index (χ0n) is 10.5. The first-order valence-electron chi connectivity index (χ1n) is 6.34. The maximum Gasteiger partial charge on any atom is 0.140 e. The van der Waals surface area contributed by atoms with E-state index >= 15 is 0 Å². The number of rotatable bonds is 5. The van der Waals surface area contributed by atoms with Gasteiger partial charge in [-0.05, 0) is 38.6 Å². The summed E-state index contributed by atoms with van der Waals surface area (Å²) in [5.41, 5.74) is 5.47. The molecule has 4 nitrogen and oxygen atoms in total. The van der Waals surface area contributed by atoms with Crippen LogP contribution in [0.25, 0.3) is 0 Å². The molecule has 0 aromatic rings. The lowest BCUT2D eigenvalue weighted by Gasteiger charge is -2.34.